The highest BCUT2D eigenvalue weighted by Gasteiger charge is 2.45. The molecule has 1 amide bonds. The molecular weight excluding hydrogens is 360 g/mol. The molecule has 1 atom stereocenters. The maximum absolute atomic E-state index is 12.8. The van der Waals surface area contributed by atoms with Gasteiger partial charge in [-0.2, -0.15) is 0 Å². The molecule has 0 aliphatic carbocycles. The Kier molecular flexibility index (Phi) is 5.65. The van der Waals surface area contributed by atoms with Crippen LogP contribution in [0, 0.1) is 0 Å². The predicted molar refractivity (Wildman–Crippen MR) is 104 cm³/mol. The Morgan fingerprint density at radius 1 is 1.07 bits per heavy atom. The molecule has 2 aromatic rings. The number of Topliss-reactive ketones (excluding diaryl/α,β-unsaturated/α-hetero) is 1. The summed E-state index contributed by atoms with van der Waals surface area (Å²) < 4.78 is 10.6. The van der Waals surface area contributed by atoms with Crippen LogP contribution >= 0.6 is 0 Å². The summed E-state index contributed by atoms with van der Waals surface area (Å²) in [5.41, 5.74) is 6.76. The quantitative estimate of drug-likeness (QED) is 0.451. The highest BCUT2D eigenvalue weighted by molar-refractivity contribution is 6.46. The Bertz CT molecular complexity index is 924. The smallest absolute Gasteiger partial charge is 0.295 e. The van der Waals surface area contributed by atoms with Gasteiger partial charge in [-0.3, -0.25) is 9.59 Å². The molecule has 1 aliphatic heterocycles. The van der Waals surface area contributed by atoms with E-state index in [1.807, 2.05) is 0 Å². The molecule has 0 spiro atoms. The summed E-state index contributed by atoms with van der Waals surface area (Å²) >= 11 is 0. The number of ketones is 1. The molecule has 1 heterocycles. The number of amides is 1. The second-order valence-electron chi connectivity index (χ2n) is 6.26. The standard InChI is InChI=1S/C21H22N2O5/c1-27-15-9-8-14(12-16(15)28-2)18-17(19(24)13-6-4-3-5-7-13)20(25)21(26)23(18)11-10-22/h3-9,12,18,24H,10-11,22H2,1-2H3/t18-/m0/s1. The molecule has 0 radical (unpaired) electrons. The summed E-state index contributed by atoms with van der Waals surface area (Å²) in [7, 11) is 3.02. The molecule has 7 nitrogen and oxygen atoms in total. The number of rotatable bonds is 6. The van der Waals surface area contributed by atoms with Crippen LogP contribution in [0.2, 0.25) is 0 Å². The van der Waals surface area contributed by atoms with Crippen LogP contribution in [0.5, 0.6) is 11.5 Å². The number of aliphatic hydroxyl groups is 1. The molecule has 0 aromatic heterocycles. The third kappa shape index (κ3) is 3.32. The number of nitrogens with two attached hydrogens (primary N) is 1. The van der Waals surface area contributed by atoms with Crippen LogP contribution in [-0.2, 0) is 9.59 Å². The molecule has 0 bridgehead atoms. The van der Waals surface area contributed by atoms with E-state index in [9.17, 15) is 14.7 Å². The van der Waals surface area contributed by atoms with Crippen molar-refractivity contribution in [3.63, 3.8) is 0 Å². The summed E-state index contributed by atoms with van der Waals surface area (Å²) in [6.07, 6.45) is 0. The summed E-state index contributed by atoms with van der Waals surface area (Å²) in [5, 5.41) is 10.8. The van der Waals surface area contributed by atoms with Gasteiger partial charge in [0.2, 0.25) is 0 Å². The average molecular weight is 382 g/mol. The van der Waals surface area contributed by atoms with Gasteiger partial charge < -0.3 is 25.2 Å². The van der Waals surface area contributed by atoms with Crippen molar-refractivity contribution >= 4 is 17.4 Å². The van der Waals surface area contributed by atoms with Crippen LogP contribution in [0.4, 0.5) is 0 Å². The topological polar surface area (TPSA) is 102 Å². The Balaban J connectivity index is 2.20. The van der Waals surface area contributed by atoms with E-state index in [2.05, 4.69) is 0 Å². The van der Waals surface area contributed by atoms with Crippen molar-refractivity contribution in [1.29, 1.82) is 0 Å². The number of hydrogen-bond donors (Lipinski definition) is 2. The van der Waals surface area contributed by atoms with Gasteiger partial charge in [-0.05, 0) is 17.7 Å². The molecule has 1 saturated heterocycles. The van der Waals surface area contributed by atoms with Crippen molar-refractivity contribution in [2.24, 2.45) is 5.73 Å². The molecule has 3 rings (SSSR count). The van der Waals surface area contributed by atoms with Gasteiger partial charge in [-0.15, -0.1) is 0 Å². The van der Waals surface area contributed by atoms with Crippen molar-refractivity contribution in [3.05, 3.63) is 65.2 Å². The zero-order chi connectivity index (χ0) is 20.3. The zero-order valence-corrected chi connectivity index (χ0v) is 15.7. The van der Waals surface area contributed by atoms with Crippen LogP contribution in [-0.4, -0.2) is 49.0 Å². The Hall–Kier alpha value is -3.32. The first-order valence-corrected chi connectivity index (χ1v) is 8.79. The maximum Gasteiger partial charge on any atom is 0.295 e. The third-order valence-electron chi connectivity index (χ3n) is 4.68. The predicted octanol–water partition coefficient (Wildman–Crippen LogP) is 2.08. The lowest BCUT2D eigenvalue weighted by Crippen LogP contribution is -2.34. The number of nitrogens with zero attached hydrogens (tertiary/aromatic N) is 1. The number of aliphatic hydroxyl groups excluding tert-OH is 1. The van der Waals surface area contributed by atoms with Gasteiger partial charge in [0, 0.05) is 18.7 Å². The lowest BCUT2D eigenvalue weighted by atomic mass is 9.95. The minimum atomic E-state index is -0.774. The van der Waals surface area contributed by atoms with Gasteiger partial charge in [-0.25, -0.2) is 0 Å². The van der Waals surface area contributed by atoms with E-state index >= 15 is 0 Å². The summed E-state index contributed by atoms with van der Waals surface area (Å²) in [4.78, 5) is 26.8. The zero-order valence-electron chi connectivity index (χ0n) is 15.7. The first-order valence-electron chi connectivity index (χ1n) is 8.79. The van der Waals surface area contributed by atoms with Crippen LogP contribution in [0.1, 0.15) is 17.2 Å². The molecule has 3 N–H and O–H groups in total. The van der Waals surface area contributed by atoms with E-state index in [1.165, 1.54) is 19.1 Å². The lowest BCUT2D eigenvalue weighted by molar-refractivity contribution is -0.139. The number of ether oxygens (including phenoxy) is 2. The number of benzene rings is 2. The number of carbonyl (C=O) groups is 2. The van der Waals surface area contributed by atoms with Crippen molar-refractivity contribution < 1.29 is 24.2 Å². The van der Waals surface area contributed by atoms with E-state index in [4.69, 9.17) is 15.2 Å². The molecule has 28 heavy (non-hydrogen) atoms. The van der Waals surface area contributed by atoms with Gasteiger partial charge >= 0.3 is 0 Å². The van der Waals surface area contributed by atoms with Crippen LogP contribution < -0.4 is 15.2 Å². The minimum absolute atomic E-state index is 0.0249. The van der Waals surface area contributed by atoms with E-state index in [1.54, 1.807) is 48.5 Å². The van der Waals surface area contributed by atoms with Crippen LogP contribution in [0.25, 0.3) is 5.76 Å². The molecular formula is C21H22N2O5. The number of carbonyl (C=O) groups excluding carboxylic acids is 2. The monoisotopic (exact) mass is 382 g/mol. The maximum atomic E-state index is 12.8. The minimum Gasteiger partial charge on any atom is -0.507 e. The summed E-state index contributed by atoms with van der Waals surface area (Å²) in [6.45, 7) is 0.358. The highest BCUT2D eigenvalue weighted by atomic mass is 16.5. The highest BCUT2D eigenvalue weighted by Crippen LogP contribution is 2.41. The first-order chi connectivity index (χ1) is 13.5. The SMILES string of the molecule is COc1ccc([C@H]2C(=C(O)c3ccccc3)C(=O)C(=O)N2CCN)cc1OC. The van der Waals surface area contributed by atoms with Gasteiger partial charge in [0.1, 0.15) is 5.76 Å². The van der Waals surface area contributed by atoms with Crippen molar-refractivity contribution in [3.8, 4) is 11.5 Å². The Labute approximate surface area is 163 Å². The van der Waals surface area contributed by atoms with E-state index in [-0.39, 0.29) is 24.4 Å². The third-order valence-corrected chi connectivity index (χ3v) is 4.68. The second-order valence-corrected chi connectivity index (χ2v) is 6.26. The average Bonchev–Trinajstić information content (AvgIpc) is 2.98. The number of hydrogen-bond acceptors (Lipinski definition) is 6. The molecule has 146 valence electrons. The van der Waals surface area contributed by atoms with E-state index < -0.39 is 17.7 Å². The molecule has 2 aromatic carbocycles. The summed E-state index contributed by atoms with van der Waals surface area (Å²) in [5.74, 6) is -0.682. The normalized spacial score (nSPS) is 18.4. The van der Waals surface area contributed by atoms with Crippen molar-refractivity contribution in [1.82, 2.24) is 4.90 Å². The molecule has 0 saturated carbocycles. The second kappa shape index (κ2) is 8.14. The molecule has 7 heteroatoms. The number of likely N-dealkylation sites (tertiary alicyclic amines) is 1. The summed E-state index contributed by atoms with van der Waals surface area (Å²) in [6, 6.07) is 13.0. The van der Waals surface area contributed by atoms with Gasteiger partial charge in [-0.1, -0.05) is 36.4 Å². The molecule has 1 aliphatic rings. The fourth-order valence-corrected chi connectivity index (χ4v) is 3.37. The van der Waals surface area contributed by atoms with E-state index in [0.717, 1.165) is 0 Å². The molecule has 0 unspecified atom stereocenters. The largest absolute Gasteiger partial charge is 0.507 e. The van der Waals surface area contributed by atoms with Crippen molar-refractivity contribution in [2.75, 3.05) is 27.3 Å². The van der Waals surface area contributed by atoms with Crippen LogP contribution in [0.3, 0.4) is 0 Å². The van der Waals surface area contributed by atoms with Crippen molar-refractivity contribution in [2.45, 2.75) is 6.04 Å². The Morgan fingerprint density at radius 2 is 1.75 bits per heavy atom. The first kappa shape index (κ1) is 19.4. The Morgan fingerprint density at radius 3 is 2.36 bits per heavy atom. The number of methoxy groups -OCH3 is 2. The fraction of sp³-hybridized carbons (Fsp3) is 0.238. The fourth-order valence-electron chi connectivity index (χ4n) is 3.37. The van der Waals surface area contributed by atoms with Gasteiger partial charge in [0.05, 0.1) is 25.8 Å². The van der Waals surface area contributed by atoms with Gasteiger partial charge in [0.15, 0.2) is 11.5 Å². The van der Waals surface area contributed by atoms with Gasteiger partial charge in [0.25, 0.3) is 11.7 Å². The molecule has 1 fully saturated rings. The lowest BCUT2D eigenvalue weighted by Gasteiger charge is -2.25. The van der Waals surface area contributed by atoms with Crippen LogP contribution in [0.15, 0.2) is 54.1 Å². The van der Waals surface area contributed by atoms with E-state index in [0.29, 0.717) is 22.6 Å².